The second-order valence-electron chi connectivity index (χ2n) is 3.71. The van der Waals surface area contributed by atoms with Crippen LogP contribution >= 0.6 is 0 Å². The predicted molar refractivity (Wildman–Crippen MR) is 60.2 cm³/mol. The highest BCUT2D eigenvalue weighted by molar-refractivity contribution is 5.93. The molecule has 0 unspecified atom stereocenters. The standard InChI is InChI=1S/C11H9F3N4O/c12-11(13,14)6-16-10(19)9-4-8(17-18-9)7-2-1-3-15-5-7/h1-5H,6H2,(H,16,19)(H,17,18). The van der Waals surface area contributed by atoms with Gasteiger partial charge in [-0.1, -0.05) is 0 Å². The minimum atomic E-state index is -4.44. The van der Waals surface area contributed by atoms with E-state index in [-0.39, 0.29) is 5.69 Å². The number of pyridine rings is 1. The Hall–Kier alpha value is -2.38. The number of rotatable bonds is 3. The van der Waals surface area contributed by atoms with Crippen LogP contribution in [-0.4, -0.2) is 33.8 Å². The van der Waals surface area contributed by atoms with Gasteiger partial charge in [-0.3, -0.25) is 14.9 Å². The van der Waals surface area contributed by atoms with E-state index in [9.17, 15) is 18.0 Å². The minimum Gasteiger partial charge on any atom is -0.342 e. The van der Waals surface area contributed by atoms with E-state index in [1.807, 2.05) is 0 Å². The van der Waals surface area contributed by atoms with Gasteiger partial charge in [0.1, 0.15) is 12.2 Å². The third-order valence-electron chi connectivity index (χ3n) is 2.23. The Bertz CT molecular complexity index is 565. The van der Waals surface area contributed by atoms with Gasteiger partial charge in [0.2, 0.25) is 0 Å². The number of H-pyrrole nitrogens is 1. The highest BCUT2D eigenvalue weighted by Crippen LogP contribution is 2.16. The molecule has 19 heavy (non-hydrogen) atoms. The van der Waals surface area contributed by atoms with E-state index in [4.69, 9.17) is 0 Å². The SMILES string of the molecule is O=C(NCC(F)(F)F)c1cc(-c2cccnc2)n[nH]1. The van der Waals surface area contributed by atoms with E-state index in [2.05, 4.69) is 15.2 Å². The molecule has 0 bridgehead atoms. The number of nitrogens with one attached hydrogen (secondary N) is 2. The van der Waals surface area contributed by atoms with Crippen LogP contribution in [0.3, 0.4) is 0 Å². The Labute approximate surface area is 105 Å². The van der Waals surface area contributed by atoms with Crippen LogP contribution < -0.4 is 5.32 Å². The Morgan fingerprint density at radius 3 is 2.84 bits per heavy atom. The second kappa shape index (κ2) is 5.09. The highest BCUT2D eigenvalue weighted by Gasteiger charge is 2.28. The van der Waals surface area contributed by atoms with Crippen molar-refractivity contribution in [1.29, 1.82) is 0 Å². The predicted octanol–water partition coefficient (Wildman–Crippen LogP) is 1.76. The first kappa shape index (κ1) is 13.1. The Morgan fingerprint density at radius 2 is 2.21 bits per heavy atom. The maximum atomic E-state index is 12.0. The highest BCUT2D eigenvalue weighted by atomic mass is 19.4. The van der Waals surface area contributed by atoms with Gasteiger partial charge in [0.05, 0.1) is 5.69 Å². The Balaban J connectivity index is 2.07. The molecule has 2 rings (SSSR count). The van der Waals surface area contributed by atoms with Gasteiger partial charge < -0.3 is 5.32 Å². The number of aromatic amines is 1. The summed E-state index contributed by atoms with van der Waals surface area (Å²) in [6, 6.07) is 4.77. The Kier molecular flexibility index (Phi) is 3.50. The molecule has 2 heterocycles. The topological polar surface area (TPSA) is 70.7 Å². The normalized spacial score (nSPS) is 11.3. The third kappa shape index (κ3) is 3.54. The summed E-state index contributed by atoms with van der Waals surface area (Å²) in [6.45, 7) is -1.38. The molecule has 2 N–H and O–H groups in total. The van der Waals surface area contributed by atoms with Gasteiger partial charge in [-0.25, -0.2) is 0 Å². The molecule has 0 aliphatic rings. The van der Waals surface area contributed by atoms with Crippen LogP contribution in [0.4, 0.5) is 13.2 Å². The summed E-state index contributed by atoms with van der Waals surface area (Å²) in [5, 5.41) is 7.98. The molecule has 5 nitrogen and oxygen atoms in total. The average Bonchev–Trinajstić information content (AvgIpc) is 2.86. The number of aromatic nitrogens is 3. The zero-order valence-electron chi connectivity index (χ0n) is 9.53. The van der Waals surface area contributed by atoms with Crippen molar-refractivity contribution in [2.45, 2.75) is 6.18 Å². The van der Waals surface area contributed by atoms with E-state index in [1.165, 1.54) is 12.3 Å². The molecule has 0 radical (unpaired) electrons. The lowest BCUT2D eigenvalue weighted by molar-refractivity contribution is -0.123. The van der Waals surface area contributed by atoms with Crippen molar-refractivity contribution in [1.82, 2.24) is 20.5 Å². The number of carbonyl (C=O) groups is 1. The lowest BCUT2D eigenvalue weighted by Gasteiger charge is -2.06. The molecule has 0 aliphatic heterocycles. The van der Waals surface area contributed by atoms with Crippen LogP contribution in [0.5, 0.6) is 0 Å². The van der Waals surface area contributed by atoms with Crippen LogP contribution in [0.15, 0.2) is 30.6 Å². The van der Waals surface area contributed by atoms with Gasteiger partial charge in [0, 0.05) is 18.0 Å². The number of alkyl halides is 3. The van der Waals surface area contributed by atoms with Crippen LogP contribution in [-0.2, 0) is 0 Å². The van der Waals surface area contributed by atoms with Crippen molar-refractivity contribution in [2.75, 3.05) is 6.54 Å². The minimum absolute atomic E-state index is 0.0388. The summed E-state index contributed by atoms with van der Waals surface area (Å²) < 4.78 is 35.9. The van der Waals surface area contributed by atoms with Crippen LogP contribution in [0.25, 0.3) is 11.3 Å². The lowest BCUT2D eigenvalue weighted by Crippen LogP contribution is -2.33. The number of amides is 1. The zero-order valence-corrected chi connectivity index (χ0v) is 9.53. The molecule has 2 aromatic rings. The summed E-state index contributed by atoms with van der Waals surface area (Å²) >= 11 is 0. The largest absolute Gasteiger partial charge is 0.405 e. The number of hydrogen-bond acceptors (Lipinski definition) is 3. The van der Waals surface area contributed by atoms with Crippen molar-refractivity contribution in [2.24, 2.45) is 0 Å². The van der Waals surface area contributed by atoms with Gasteiger partial charge in [-0.2, -0.15) is 18.3 Å². The molecule has 0 aromatic carbocycles. The molecule has 2 aromatic heterocycles. The quantitative estimate of drug-likeness (QED) is 0.892. The van der Waals surface area contributed by atoms with Crippen molar-refractivity contribution < 1.29 is 18.0 Å². The van der Waals surface area contributed by atoms with Crippen molar-refractivity contribution >= 4 is 5.91 Å². The van der Waals surface area contributed by atoms with E-state index in [0.717, 1.165) is 0 Å². The molecule has 1 amide bonds. The second-order valence-corrected chi connectivity index (χ2v) is 3.71. The first-order valence-electron chi connectivity index (χ1n) is 5.26. The Morgan fingerprint density at radius 1 is 1.42 bits per heavy atom. The summed E-state index contributed by atoms with van der Waals surface area (Å²) in [5.74, 6) is -0.861. The fraction of sp³-hybridized carbons (Fsp3) is 0.182. The maximum absolute atomic E-state index is 12.0. The van der Waals surface area contributed by atoms with Crippen molar-refractivity contribution in [3.8, 4) is 11.3 Å². The molecule has 0 atom stereocenters. The van der Waals surface area contributed by atoms with E-state index in [0.29, 0.717) is 11.3 Å². The van der Waals surface area contributed by atoms with Crippen LogP contribution in [0, 0.1) is 0 Å². The zero-order chi connectivity index (χ0) is 13.9. The number of carbonyl (C=O) groups excluding carboxylic acids is 1. The summed E-state index contributed by atoms with van der Waals surface area (Å²) in [5.41, 5.74) is 1.06. The third-order valence-corrected chi connectivity index (χ3v) is 2.23. The molecule has 8 heteroatoms. The summed E-state index contributed by atoms with van der Waals surface area (Å²) in [6.07, 6.45) is -1.33. The number of nitrogens with zero attached hydrogens (tertiary/aromatic N) is 2. The van der Waals surface area contributed by atoms with Gasteiger partial charge in [0.15, 0.2) is 0 Å². The van der Waals surface area contributed by atoms with E-state index in [1.54, 1.807) is 23.6 Å². The number of hydrogen-bond donors (Lipinski definition) is 2. The first-order valence-corrected chi connectivity index (χ1v) is 5.26. The fourth-order valence-electron chi connectivity index (χ4n) is 1.38. The van der Waals surface area contributed by atoms with Gasteiger partial charge in [-0.05, 0) is 18.2 Å². The monoisotopic (exact) mass is 270 g/mol. The van der Waals surface area contributed by atoms with Crippen molar-refractivity contribution in [3.05, 3.63) is 36.3 Å². The molecule has 0 saturated carbocycles. The van der Waals surface area contributed by atoms with E-state index >= 15 is 0 Å². The van der Waals surface area contributed by atoms with Crippen LogP contribution in [0.2, 0.25) is 0 Å². The number of halogens is 3. The van der Waals surface area contributed by atoms with Gasteiger partial charge in [0.25, 0.3) is 5.91 Å². The molecule has 100 valence electrons. The summed E-state index contributed by atoms with van der Waals surface area (Å²) in [7, 11) is 0. The van der Waals surface area contributed by atoms with Crippen LogP contribution in [0.1, 0.15) is 10.5 Å². The molecule has 0 fully saturated rings. The van der Waals surface area contributed by atoms with Gasteiger partial charge >= 0.3 is 6.18 Å². The average molecular weight is 270 g/mol. The maximum Gasteiger partial charge on any atom is 0.405 e. The smallest absolute Gasteiger partial charge is 0.342 e. The molecular formula is C11H9F3N4O. The first-order chi connectivity index (χ1) is 8.96. The van der Waals surface area contributed by atoms with Crippen molar-refractivity contribution in [3.63, 3.8) is 0 Å². The molecule has 0 saturated heterocycles. The molecular weight excluding hydrogens is 261 g/mol. The van der Waals surface area contributed by atoms with E-state index < -0.39 is 18.6 Å². The lowest BCUT2D eigenvalue weighted by atomic mass is 10.2. The van der Waals surface area contributed by atoms with Gasteiger partial charge in [-0.15, -0.1) is 0 Å². The summed E-state index contributed by atoms with van der Waals surface area (Å²) in [4.78, 5) is 15.3. The fourth-order valence-corrected chi connectivity index (χ4v) is 1.38. The molecule has 0 aliphatic carbocycles. The molecule has 0 spiro atoms.